The molecular formula is C26H30N2O4. The fourth-order valence-corrected chi connectivity index (χ4v) is 4.58. The molecule has 2 fully saturated rings. The van der Waals surface area contributed by atoms with Crippen molar-refractivity contribution in [3.05, 3.63) is 71.8 Å². The van der Waals surface area contributed by atoms with Gasteiger partial charge in [0.2, 0.25) is 11.8 Å². The minimum atomic E-state index is -0.838. The topological polar surface area (TPSA) is 75.7 Å². The molecule has 1 aliphatic heterocycles. The SMILES string of the molecule is O=C(OCc1ccccc1)C1CC(=O)N1C(C(=O)NCC1CCCCC1)c1ccccc1. The quantitative estimate of drug-likeness (QED) is 0.507. The smallest absolute Gasteiger partial charge is 0.329 e. The normalized spacial score (nSPS) is 19.7. The van der Waals surface area contributed by atoms with E-state index in [0.29, 0.717) is 18.0 Å². The summed E-state index contributed by atoms with van der Waals surface area (Å²) in [7, 11) is 0. The molecule has 0 aromatic heterocycles. The molecule has 0 bridgehead atoms. The molecule has 2 amide bonds. The molecular weight excluding hydrogens is 404 g/mol. The molecule has 1 saturated heterocycles. The first kappa shape index (κ1) is 22.1. The number of nitrogens with one attached hydrogen (secondary N) is 1. The van der Waals surface area contributed by atoms with Gasteiger partial charge in [0.1, 0.15) is 18.7 Å². The molecule has 6 nitrogen and oxygen atoms in total. The van der Waals surface area contributed by atoms with Gasteiger partial charge in [-0.05, 0) is 29.9 Å². The third-order valence-electron chi connectivity index (χ3n) is 6.42. The van der Waals surface area contributed by atoms with Crippen LogP contribution in [0.2, 0.25) is 0 Å². The summed E-state index contributed by atoms with van der Waals surface area (Å²) < 4.78 is 5.47. The van der Waals surface area contributed by atoms with Crippen LogP contribution in [0.25, 0.3) is 0 Å². The summed E-state index contributed by atoms with van der Waals surface area (Å²) in [6, 6.07) is 17.0. The summed E-state index contributed by atoms with van der Waals surface area (Å²) in [5.74, 6) is -0.457. The molecule has 2 aromatic rings. The molecule has 0 spiro atoms. The molecule has 1 heterocycles. The summed E-state index contributed by atoms with van der Waals surface area (Å²) in [6.07, 6.45) is 5.95. The summed E-state index contributed by atoms with van der Waals surface area (Å²) in [4.78, 5) is 40.0. The Morgan fingerprint density at radius 3 is 2.28 bits per heavy atom. The lowest BCUT2D eigenvalue weighted by Gasteiger charge is -2.43. The Kier molecular flexibility index (Phi) is 7.20. The largest absolute Gasteiger partial charge is 0.459 e. The molecule has 1 saturated carbocycles. The van der Waals surface area contributed by atoms with E-state index < -0.39 is 18.1 Å². The van der Waals surface area contributed by atoms with Crippen LogP contribution in [0, 0.1) is 5.92 Å². The molecule has 1 aliphatic carbocycles. The van der Waals surface area contributed by atoms with E-state index in [9.17, 15) is 14.4 Å². The zero-order valence-corrected chi connectivity index (χ0v) is 18.2. The van der Waals surface area contributed by atoms with Gasteiger partial charge in [0.15, 0.2) is 0 Å². The highest BCUT2D eigenvalue weighted by Gasteiger charge is 2.48. The number of esters is 1. The first-order chi connectivity index (χ1) is 15.6. The number of carbonyl (C=O) groups is 3. The molecule has 2 atom stereocenters. The van der Waals surface area contributed by atoms with Crippen LogP contribution < -0.4 is 5.32 Å². The van der Waals surface area contributed by atoms with Crippen LogP contribution in [0.5, 0.6) is 0 Å². The number of nitrogens with zero attached hydrogens (tertiary/aromatic N) is 1. The third-order valence-corrected chi connectivity index (χ3v) is 6.42. The van der Waals surface area contributed by atoms with E-state index >= 15 is 0 Å². The van der Waals surface area contributed by atoms with E-state index in [1.165, 1.54) is 24.2 Å². The average molecular weight is 435 g/mol. The summed E-state index contributed by atoms with van der Waals surface area (Å²) in [5.41, 5.74) is 1.57. The Morgan fingerprint density at radius 2 is 1.62 bits per heavy atom. The number of amides is 2. The van der Waals surface area contributed by atoms with Gasteiger partial charge in [-0.15, -0.1) is 0 Å². The van der Waals surface area contributed by atoms with Gasteiger partial charge in [0, 0.05) is 6.54 Å². The van der Waals surface area contributed by atoms with Crippen LogP contribution >= 0.6 is 0 Å². The van der Waals surface area contributed by atoms with Gasteiger partial charge >= 0.3 is 5.97 Å². The lowest BCUT2D eigenvalue weighted by atomic mass is 9.89. The van der Waals surface area contributed by atoms with Crippen molar-refractivity contribution in [1.29, 1.82) is 0 Å². The second-order valence-corrected chi connectivity index (χ2v) is 8.68. The number of ether oxygens (including phenoxy) is 1. The van der Waals surface area contributed by atoms with E-state index in [2.05, 4.69) is 5.32 Å². The number of β-lactam (4-membered cyclic amide) rings is 1. The fraction of sp³-hybridized carbons (Fsp3) is 0.423. The van der Waals surface area contributed by atoms with Gasteiger partial charge in [0.05, 0.1) is 6.42 Å². The first-order valence-corrected chi connectivity index (χ1v) is 11.5. The highest BCUT2D eigenvalue weighted by atomic mass is 16.5. The Bertz CT molecular complexity index is 925. The second-order valence-electron chi connectivity index (χ2n) is 8.68. The van der Waals surface area contributed by atoms with Crippen LogP contribution in [-0.2, 0) is 25.7 Å². The highest BCUT2D eigenvalue weighted by molar-refractivity contribution is 5.99. The molecule has 2 aromatic carbocycles. The van der Waals surface area contributed by atoms with E-state index in [1.807, 2.05) is 60.7 Å². The van der Waals surface area contributed by atoms with Crippen molar-refractivity contribution in [3.63, 3.8) is 0 Å². The molecule has 6 heteroatoms. The molecule has 0 radical (unpaired) electrons. The van der Waals surface area contributed by atoms with Gasteiger partial charge in [-0.1, -0.05) is 79.9 Å². The van der Waals surface area contributed by atoms with Gasteiger partial charge < -0.3 is 15.0 Å². The van der Waals surface area contributed by atoms with Crippen molar-refractivity contribution in [2.75, 3.05) is 6.54 Å². The molecule has 168 valence electrons. The van der Waals surface area contributed by atoms with Crippen molar-refractivity contribution in [2.24, 2.45) is 5.92 Å². The monoisotopic (exact) mass is 434 g/mol. The lowest BCUT2D eigenvalue weighted by molar-refractivity contribution is -0.172. The van der Waals surface area contributed by atoms with Gasteiger partial charge in [0.25, 0.3) is 0 Å². The predicted molar refractivity (Wildman–Crippen MR) is 120 cm³/mol. The number of hydrogen-bond acceptors (Lipinski definition) is 4. The standard InChI is InChI=1S/C26H30N2O4/c29-23-16-22(26(31)32-18-20-12-6-2-7-13-20)28(23)24(21-14-8-3-9-15-21)25(30)27-17-19-10-4-1-5-11-19/h2-3,6-9,12-15,19,22,24H,1,4-5,10-11,16-18H2,(H,27,30). The zero-order valence-electron chi connectivity index (χ0n) is 18.2. The maximum absolute atomic E-state index is 13.3. The Morgan fingerprint density at radius 1 is 0.969 bits per heavy atom. The maximum Gasteiger partial charge on any atom is 0.329 e. The highest BCUT2D eigenvalue weighted by Crippen LogP contribution is 2.33. The number of likely N-dealkylation sites (tertiary alicyclic amines) is 1. The molecule has 32 heavy (non-hydrogen) atoms. The first-order valence-electron chi connectivity index (χ1n) is 11.5. The van der Waals surface area contributed by atoms with E-state index in [0.717, 1.165) is 18.4 Å². The van der Waals surface area contributed by atoms with Gasteiger partial charge in [-0.2, -0.15) is 0 Å². The molecule has 2 unspecified atom stereocenters. The van der Waals surface area contributed by atoms with Crippen molar-refractivity contribution in [1.82, 2.24) is 10.2 Å². The van der Waals surface area contributed by atoms with Crippen molar-refractivity contribution < 1.29 is 19.1 Å². The average Bonchev–Trinajstić information content (AvgIpc) is 2.84. The maximum atomic E-state index is 13.3. The van der Waals surface area contributed by atoms with Gasteiger partial charge in [-0.25, -0.2) is 4.79 Å². The van der Waals surface area contributed by atoms with Crippen LogP contribution in [0.3, 0.4) is 0 Å². The van der Waals surface area contributed by atoms with E-state index in [-0.39, 0.29) is 24.8 Å². The Labute approximate surface area is 188 Å². The van der Waals surface area contributed by atoms with E-state index in [1.54, 1.807) is 0 Å². The second kappa shape index (κ2) is 10.4. The van der Waals surface area contributed by atoms with Gasteiger partial charge in [-0.3, -0.25) is 9.59 Å². The van der Waals surface area contributed by atoms with E-state index in [4.69, 9.17) is 4.74 Å². The summed E-state index contributed by atoms with van der Waals surface area (Å²) in [5, 5.41) is 3.05. The number of hydrogen-bond donors (Lipinski definition) is 1. The van der Waals surface area contributed by atoms with Crippen molar-refractivity contribution in [3.8, 4) is 0 Å². The number of rotatable bonds is 8. The van der Waals surface area contributed by atoms with Crippen LogP contribution in [0.15, 0.2) is 60.7 Å². The number of benzene rings is 2. The molecule has 2 aliphatic rings. The lowest BCUT2D eigenvalue weighted by Crippen LogP contribution is -2.61. The van der Waals surface area contributed by atoms with Crippen molar-refractivity contribution >= 4 is 17.8 Å². The summed E-state index contributed by atoms with van der Waals surface area (Å²) in [6.45, 7) is 0.745. The third kappa shape index (κ3) is 5.18. The summed E-state index contributed by atoms with van der Waals surface area (Å²) >= 11 is 0. The molecule has 4 rings (SSSR count). The number of carbonyl (C=O) groups excluding carboxylic acids is 3. The minimum absolute atomic E-state index is 0.0624. The van der Waals surface area contributed by atoms with Crippen LogP contribution in [0.4, 0.5) is 0 Å². The predicted octanol–water partition coefficient (Wildman–Crippen LogP) is 3.77. The van der Waals surface area contributed by atoms with Crippen molar-refractivity contribution in [2.45, 2.75) is 57.2 Å². The fourth-order valence-electron chi connectivity index (χ4n) is 4.58. The van der Waals surface area contributed by atoms with Crippen LogP contribution in [0.1, 0.15) is 55.7 Å². The molecule has 1 N–H and O–H groups in total. The minimum Gasteiger partial charge on any atom is -0.459 e. The van der Waals surface area contributed by atoms with Crippen LogP contribution in [-0.4, -0.2) is 35.3 Å². The Balaban J connectivity index is 1.45. The zero-order chi connectivity index (χ0) is 22.3. The Hall–Kier alpha value is -3.15.